The summed E-state index contributed by atoms with van der Waals surface area (Å²) in [6.45, 7) is 3.43. The van der Waals surface area contributed by atoms with Crippen LogP contribution in [0.1, 0.15) is 25.3 Å². The molecule has 0 saturated carbocycles. The first-order valence-corrected chi connectivity index (χ1v) is 6.07. The van der Waals surface area contributed by atoms with Gasteiger partial charge in [-0.15, -0.1) is 0 Å². The highest BCUT2D eigenvalue weighted by Gasteiger charge is 2.09. The van der Waals surface area contributed by atoms with Gasteiger partial charge in [0.2, 0.25) is 0 Å². The summed E-state index contributed by atoms with van der Waals surface area (Å²) in [6, 6.07) is 6.45. The van der Waals surface area contributed by atoms with E-state index < -0.39 is 0 Å². The van der Waals surface area contributed by atoms with E-state index in [9.17, 15) is 9.18 Å². The SMILES string of the molecule is CCCCN(C)CC(=O)Cc1ccccc1F. The molecule has 1 aromatic rings. The lowest BCUT2D eigenvalue weighted by Crippen LogP contribution is -2.28. The maximum Gasteiger partial charge on any atom is 0.151 e. The summed E-state index contributed by atoms with van der Waals surface area (Å²) in [4.78, 5) is 13.7. The number of Topliss-reactive ketones (excluding diaryl/α,β-unsaturated/α-hetero) is 1. The quantitative estimate of drug-likeness (QED) is 0.726. The molecule has 0 radical (unpaired) electrons. The van der Waals surface area contributed by atoms with E-state index in [1.54, 1.807) is 18.2 Å². The number of carbonyl (C=O) groups is 1. The van der Waals surface area contributed by atoms with Crippen molar-refractivity contribution in [2.24, 2.45) is 0 Å². The van der Waals surface area contributed by atoms with E-state index >= 15 is 0 Å². The average molecular weight is 237 g/mol. The van der Waals surface area contributed by atoms with Gasteiger partial charge in [-0.25, -0.2) is 4.39 Å². The Morgan fingerprint density at radius 3 is 2.71 bits per heavy atom. The lowest BCUT2D eigenvalue weighted by atomic mass is 10.1. The molecular formula is C14H20FNO. The second kappa shape index (κ2) is 7.17. The minimum absolute atomic E-state index is 0.0636. The van der Waals surface area contributed by atoms with Crippen molar-refractivity contribution in [3.63, 3.8) is 0 Å². The third kappa shape index (κ3) is 5.09. The molecule has 2 nitrogen and oxygen atoms in total. The highest BCUT2D eigenvalue weighted by molar-refractivity contribution is 5.82. The Kier molecular flexibility index (Phi) is 5.84. The zero-order chi connectivity index (χ0) is 12.7. The molecule has 0 aromatic heterocycles. The van der Waals surface area contributed by atoms with Gasteiger partial charge in [-0.2, -0.15) is 0 Å². The van der Waals surface area contributed by atoms with Crippen molar-refractivity contribution in [2.75, 3.05) is 20.1 Å². The van der Waals surface area contributed by atoms with Gasteiger partial charge < -0.3 is 0 Å². The van der Waals surface area contributed by atoms with Crippen LogP contribution in [0.5, 0.6) is 0 Å². The largest absolute Gasteiger partial charge is 0.299 e. The summed E-state index contributed by atoms with van der Waals surface area (Å²) in [5, 5.41) is 0. The van der Waals surface area contributed by atoms with Gasteiger partial charge >= 0.3 is 0 Å². The van der Waals surface area contributed by atoms with Crippen LogP contribution in [0.15, 0.2) is 24.3 Å². The summed E-state index contributed by atoms with van der Waals surface area (Å²) in [5.41, 5.74) is 0.487. The van der Waals surface area contributed by atoms with Gasteiger partial charge in [-0.1, -0.05) is 31.5 Å². The van der Waals surface area contributed by atoms with Crippen molar-refractivity contribution in [1.82, 2.24) is 4.90 Å². The van der Waals surface area contributed by atoms with Crippen LogP contribution in [0.25, 0.3) is 0 Å². The third-order valence-electron chi connectivity index (χ3n) is 2.69. The molecule has 0 heterocycles. The maximum atomic E-state index is 13.3. The van der Waals surface area contributed by atoms with Gasteiger partial charge in [0.05, 0.1) is 6.54 Å². The summed E-state index contributed by atoms with van der Waals surface area (Å²) in [6.07, 6.45) is 2.39. The molecule has 17 heavy (non-hydrogen) atoms. The van der Waals surface area contributed by atoms with Crippen LogP contribution in [-0.2, 0) is 11.2 Å². The van der Waals surface area contributed by atoms with E-state index in [-0.39, 0.29) is 18.0 Å². The topological polar surface area (TPSA) is 20.3 Å². The molecule has 0 amide bonds. The van der Waals surface area contributed by atoms with E-state index in [4.69, 9.17) is 0 Å². The first-order valence-electron chi connectivity index (χ1n) is 6.07. The zero-order valence-corrected chi connectivity index (χ0v) is 10.6. The van der Waals surface area contributed by atoms with Gasteiger partial charge in [0, 0.05) is 6.42 Å². The van der Waals surface area contributed by atoms with Crippen molar-refractivity contribution in [2.45, 2.75) is 26.2 Å². The minimum atomic E-state index is -0.294. The molecule has 0 N–H and O–H groups in total. The van der Waals surface area contributed by atoms with Gasteiger partial charge in [-0.3, -0.25) is 9.69 Å². The van der Waals surface area contributed by atoms with E-state index in [0.717, 1.165) is 19.4 Å². The van der Waals surface area contributed by atoms with Crippen molar-refractivity contribution in [3.05, 3.63) is 35.6 Å². The molecule has 0 spiro atoms. The number of benzene rings is 1. The van der Waals surface area contributed by atoms with E-state index in [1.165, 1.54) is 6.07 Å². The Labute approximate surface area is 102 Å². The van der Waals surface area contributed by atoms with Gasteiger partial charge in [0.15, 0.2) is 5.78 Å². The summed E-state index contributed by atoms with van der Waals surface area (Å²) >= 11 is 0. The molecule has 0 fully saturated rings. The molecular weight excluding hydrogens is 217 g/mol. The monoisotopic (exact) mass is 237 g/mol. The molecule has 0 aliphatic heterocycles. The number of ketones is 1. The highest BCUT2D eigenvalue weighted by atomic mass is 19.1. The summed E-state index contributed by atoms with van der Waals surface area (Å²) in [5.74, 6) is -0.231. The Bertz CT molecular complexity index is 365. The molecule has 94 valence electrons. The van der Waals surface area contributed by atoms with E-state index in [0.29, 0.717) is 12.1 Å². The number of unbranched alkanes of at least 4 members (excludes halogenated alkanes) is 1. The smallest absolute Gasteiger partial charge is 0.151 e. The number of nitrogens with zero attached hydrogens (tertiary/aromatic N) is 1. The average Bonchev–Trinajstić information content (AvgIpc) is 2.29. The van der Waals surface area contributed by atoms with Crippen LogP contribution in [0.2, 0.25) is 0 Å². The lowest BCUT2D eigenvalue weighted by Gasteiger charge is -2.15. The Hall–Kier alpha value is -1.22. The van der Waals surface area contributed by atoms with Crippen molar-refractivity contribution < 1.29 is 9.18 Å². The third-order valence-corrected chi connectivity index (χ3v) is 2.69. The normalized spacial score (nSPS) is 10.8. The molecule has 3 heteroatoms. The number of halogens is 1. The van der Waals surface area contributed by atoms with Crippen molar-refractivity contribution in [3.8, 4) is 0 Å². The number of hydrogen-bond acceptors (Lipinski definition) is 2. The van der Waals surface area contributed by atoms with Crippen molar-refractivity contribution >= 4 is 5.78 Å². The molecule has 1 rings (SSSR count). The van der Waals surface area contributed by atoms with Crippen LogP contribution in [0.3, 0.4) is 0 Å². The molecule has 0 atom stereocenters. The fraction of sp³-hybridized carbons (Fsp3) is 0.500. The predicted molar refractivity (Wildman–Crippen MR) is 67.5 cm³/mol. The van der Waals surface area contributed by atoms with Crippen LogP contribution >= 0.6 is 0 Å². The minimum Gasteiger partial charge on any atom is -0.299 e. The second-order valence-corrected chi connectivity index (χ2v) is 4.40. The number of hydrogen-bond donors (Lipinski definition) is 0. The molecule has 0 saturated heterocycles. The second-order valence-electron chi connectivity index (χ2n) is 4.40. The van der Waals surface area contributed by atoms with Crippen molar-refractivity contribution in [1.29, 1.82) is 0 Å². The Morgan fingerprint density at radius 2 is 2.06 bits per heavy atom. The number of rotatable bonds is 7. The molecule has 0 aliphatic carbocycles. The molecule has 1 aromatic carbocycles. The predicted octanol–water partition coefficient (Wildman–Crippen LogP) is 2.67. The number of likely N-dealkylation sites (N-methyl/N-ethyl adjacent to an activating group) is 1. The maximum absolute atomic E-state index is 13.3. The van der Waals surface area contributed by atoms with Gasteiger partial charge in [-0.05, 0) is 31.6 Å². The fourth-order valence-corrected chi connectivity index (χ4v) is 1.72. The lowest BCUT2D eigenvalue weighted by molar-refractivity contribution is -0.119. The fourth-order valence-electron chi connectivity index (χ4n) is 1.72. The summed E-state index contributed by atoms with van der Waals surface area (Å²) < 4.78 is 13.3. The van der Waals surface area contributed by atoms with E-state index in [1.807, 2.05) is 11.9 Å². The van der Waals surface area contributed by atoms with Gasteiger partial charge in [0.1, 0.15) is 5.82 Å². The number of carbonyl (C=O) groups excluding carboxylic acids is 1. The van der Waals surface area contributed by atoms with E-state index in [2.05, 4.69) is 6.92 Å². The molecule has 0 aliphatic rings. The summed E-state index contributed by atoms with van der Waals surface area (Å²) in [7, 11) is 1.93. The van der Waals surface area contributed by atoms with Crippen LogP contribution in [0.4, 0.5) is 4.39 Å². The highest BCUT2D eigenvalue weighted by Crippen LogP contribution is 2.07. The first-order chi connectivity index (χ1) is 8.13. The zero-order valence-electron chi connectivity index (χ0n) is 10.6. The van der Waals surface area contributed by atoms with Crippen LogP contribution < -0.4 is 0 Å². The van der Waals surface area contributed by atoms with Gasteiger partial charge in [0.25, 0.3) is 0 Å². The van der Waals surface area contributed by atoms with Crippen LogP contribution in [-0.4, -0.2) is 30.8 Å². The van der Waals surface area contributed by atoms with Crippen LogP contribution in [0, 0.1) is 5.82 Å². The Morgan fingerprint density at radius 1 is 1.35 bits per heavy atom. The standard InChI is InChI=1S/C14H20FNO/c1-3-4-9-16(2)11-13(17)10-12-7-5-6-8-14(12)15/h5-8H,3-4,9-11H2,1-2H3. The molecule has 0 bridgehead atoms. The Balaban J connectivity index is 2.42. The first kappa shape index (κ1) is 13.8. The molecule has 0 unspecified atom stereocenters.